The van der Waals surface area contributed by atoms with Crippen LogP contribution in [0.1, 0.15) is 11.3 Å². The van der Waals surface area contributed by atoms with Gasteiger partial charge in [-0.05, 0) is 25.1 Å². The Morgan fingerprint density at radius 1 is 1.04 bits per heavy atom. The molecule has 0 atom stereocenters. The van der Waals surface area contributed by atoms with E-state index in [4.69, 9.17) is 27.9 Å². The van der Waals surface area contributed by atoms with Gasteiger partial charge in [-0.15, -0.1) is 0 Å². The standard InChI is InChI=1S/C19H18Cl2N4O/c1-12-10-17(22-11-13-6-3-4-9-16(13)26-2)25-19(23-12)24-15-8-5-7-14(20)18(15)21/h3-10H,11H2,1-2H3,(H2,22,23,24,25). The minimum atomic E-state index is 0.433. The lowest BCUT2D eigenvalue weighted by Gasteiger charge is -2.12. The number of para-hydroxylation sites is 1. The van der Waals surface area contributed by atoms with Gasteiger partial charge in [0.15, 0.2) is 0 Å². The Balaban J connectivity index is 1.78. The van der Waals surface area contributed by atoms with Gasteiger partial charge >= 0.3 is 0 Å². The molecule has 0 aliphatic carbocycles. The lowest BCUT2D eigenvalue weighted by molar-refractivity contribution is 0.410. The SMILES string of the molecule is COc1ccccc1CNc1cc(C)nc(Nc2cccc(Cl)c2Cl)n1. The van der Waals surface area contributed by atoms with Crippen LogP contribution in [0, 0.1) is 6.92 Å². The van der Waals surface area contributed by atoms with E-state index in [1.165, 1.54) is 0 Å². The van der Waals surface area contributed by atoms with Crippen LogP contribution in [0.5, 0.6) is 5.75 Å². The van der Waals surface area contributed by atoms with Crippen LogP contribution in [0.4, 0.5) is 17.5 Å². The molecule has 134 valence electrons. The first-order valence-electron chi connectivity index (χ1n) is 7.99. The molecule has 0 amide bonds. The number of nitrogens with zero attached hydrogens (tertiary/aromatic N) is 2. The highest BCUT2D eigenvalue weighted by Crippen LogP contribution is 2.31. The summed E-state index contributed by atoms with van der Waals surface area (Å²) in [4.78, 5) is 8.89. The second-order valence-corrected chi connectivity index (χ2v) is 6.40. The topological polar surface area (TPSA) is 59.1 Å². The summed E-state index contributed by atoms with van der Waals surface area (Å²) in [5, 5.41) is 7.31. The quantitative estimate of drug-likeness (QED) is 0.587. The zero-order chi connectivity index (χ0) is 18.5. The van der Waals surface area contributed by atoms with Crippen LogP contribution in [-0.4, -0.2) is 17.1 Å². The summed E-state index contributed by atoms with van der Waals surface area (Å²) >= 11 is 12.3. The van der Waals surface area contributed by atoms with Crippen molar-refractivity contribution in [3.05, 3.63) is 69.8 Å². The second kappa shape index (κ2) is 8.25. The van der Waals surface area contributed by atoms with Crippen molar-refractivity contribution >= 4 is 40.7 Å². The third kappa shape index (κ3) is 4.36. The molecule has 1 aromatic heterocycles. The first kappa shape index (κ1) is 18.3. The number of rotatable bonds is 6. The van der Waals surface area contributed by atoms with E-state index in [2.05, 4.69) is 20.6 Å². The number of aryl methyl sites for hydroxylation is 1. The fraction of sp³-hybridized carbons (Fsp3) is 0.158. The number of hydrogen-bond acceptors (Lipinski definition) is 5. The van der Waals surface area contributed by atoms with Crippen LogP contribution in [0.25, 0.3) is 0 Å². The lowest BCUT2D eigenvalue weighted by Crippen LogP contribution is -2.06. The van der Waals surface area contributed by atoms with Gasteiger partial charge in [-0.2, -0.15) is 4.98 Å². The molecule has 0 radical (unpaired) electrons. The minimum absolute atomic E-state index is 0.433. The molecule has 26 heavy (non-hydrogen) atoms. The minimum Gasteiger partial charge on any atom is -0.496 e. The monoisotopic (exact) mass is 388 g/mol. The fourth-order valence-corrected chi connectivity index (χ4v) is 2.82. The van der Waals surface area contributed by atoms with Crippen molar-refractivity contribution < 1.29 is 4.74 Å². The second-order valence-electron chi connectivity index (χ2n) is 5.61. The Hall–Kier alpha value is -2.50. The first-order chi connectivity index (χ1) is 12.6. The smallest absolute Gasteiger partial charge is 0.229 e. The number of nitrogens with one attached hydrogen (secondary N) is 2. The maximum Gasteiger partial charge on any atom is 0.229 e. The first-order valence-corrected chi connectivity index (χ1v) is 8.75. The highest BCUT2D eigenvalue weighted by atomic mass is 35.5. The molecule has 0 spiro atoms. The molecule has 0 aliphatic rings. The van der Waals surface area contributed by atoms with Crippen molar-refractivity contribution in [2.75, 3.05) is 17.7 Å². The van der Waals surface area contributed by atoms with Gasteiger partial charge in [-0.1, -0.05) is 47.5 Å². The van der Waals surface area contributed by atoms with Crippen molar-refractivity contribution in [2.24, 2.45) is 0 Å². The summed E-state index contributed by atoms with van der Waals surface area (Å²) in [7, 11) is 1.66. The van der Waals surface area contributed by atoms with Gasteiger partial charge in [0.25, 0.3) is 0 Å². The summed E-state index contributed by atoms with van der Waals surface area (Å²) in [6.07, 6.45) is 0. The molecular formula is C19H18Cl2N4O. The Morgan fingerprint density at radius 3 is 2.65 bits per heavy atom. The van der Waals surface area contributed by atoms with E-state index in [0.717, 1.165) is 17.0 Å². The summed E-state index contributed by atoms with van der Waals surface area (Å²) < 4.78 is 5.37. The van der Waals surface area contributed by atoms with Crippen LogP contribution >= 0.6 is 23.2 Å². The molecule has 2 aromatic carbocycles. The molecule has 3 aromatic rings. The Bertz CT molecular complexity index is 918. The molecule has 2 N–H and O–H groups in total. The van der Waals surface area contributed by atoms with Crippen LogP contribution in [-0.2, 0) is 6.54 Å². The number of anilines is 3. The number of methoxy groups -OCH3 is 1. The van der Waals surface area contributed by atoms with Crippen molar-refractivity contribution in [3.63, 3.8) is 0 Å². The Morgan fingerprint density at radius 2 is 1.85 bits per heavy atom. The number of aromatic nitrogens is 2. The fourth-order valence-electron chi connectivity index (χ4n) is 2.47. The predicted octanol–water partition coefficient (Wildman–Crippen LogP) is 5.46. The number of benzene rings is 2. The van der Waals surface area contributed by atoms with E-state index in [-0.39, 0.29) is 0 Å². The molecule has 0 bridgehead atoms. The van der Waals surface area contributed by atoms with Gasteiger partial charge in [0.1, 0.15) is 11.6 Å². The van der Waals surface area contributed by atoms with Gasteiger partial charge in [0.05, 0.1) is 22.8 Å². The number of hydrogen-bond donors (Lipinski definition) is 2. The lowest BCUT2D eigenvalue weighted by atomic mass is 10.2. The van der Waals surface area contributed by atoms with E-state index in [1.54, 1.807) is 13.2 Å². The highest BCUT2D eigenvalue weighted by molar-refractivity contribution is 6.43. The van der Waals surface area contributed by atoms with Crippen molar-refractivity contribution in [1.82, 2.24) is 9.97 Å². The molecule has 0 unspecified atom stereocenters. The van der Waals surface area contributed by atoms with E-state index in [1.807, 2.05) is 49.4 Å². The molecule has 0 saturated carbocycles. The highest BCUT2D eigenvalue weighted by Gasteiger charge is 2.08. The van der Waals surface area contributed by atoms with Crippen LogP contribution in [0.3, 0.4) is 0 Å². The third-order valence-corrected chi connectivity index (χ3v) is 4.52. The van der Waals surface area contributed by atoms with Crippen LogP contribution in [0.15, 0.2) is 48.5 Å². The van der Waals surface area contributed by atoms with E-state index < -0.39 is 0 Å². The molecule has 1 heterocycles. The van der Waals surface area contributed by atoms with Crippen LogP contribution < -0.4 is 15.4 Å². The molecule has 0 fully saturated rings. The summed E-state index contributed by atoms with van der Waals surface area (Å²) in [5.74, 6) is 1.97. The maximum atomic E-state index is 6.22. The molecule has 0 saturated heterocycles. The molecule has 7 heteroatoms. The normalized spacial score (nSPS) is 10.5. The third-order valence-electron chi connectivity index (χ3n) is 3.70. The Labute approximate surface area is 162 Å². The van der Waals surface area contributed by atoms with E-state index >= 15 is 0 Å². The summed E-state index contributed by atoms with van der Waals surface area (Å²) in [6.45, 7) is 2.48. The predicted molar refractivity (Wildman–Crippen MR) is 107 cm³/mol. The average Bonchev–Trinajstić information content (AvgIpc) is 2.63. The summed E-state index contributed by atoms with van der Waals surface area (Å²) in [5.41, 5.74) is 2.52. The molecule has 3 rings (SSSR count). The number of ether oxygens (including phenoxy) is 1. The van der Waals surface area contributed by atoms with E-state index in [0.29, 0.717) is 34.0 Å². The molecule has 0 aliphatic heterocycles. The van der Waals surface area contributed by atoms with Gasteiger partial charge in [0, 0.05) is 23.9 Å². The largest absolute Gasteiger partial charge is 0.496 e. The Kier molecular flexibility index (Phi) is 5.81. The van der Waals surface area contributed by atoms with E-state index in [9.17, 15) is 0 Å². The van der Waals surface area contributed by atoms with Crippen molar-refractivity contribution in [3.8, 4) is 5.75 Å². The van der Waals surface area contributed by atoms with Gasteiger partial charge in [-0.3, -0.25) is 0 Å². The van der Waals surface area contributed by atoms with Crippen LogP contribution in [0.2, 0.25) is 10.0 Å². The molecular weight excluding hydrogens is 371 g/mol. The number of halogens is 2. The average molecular weight is 389 g/mol. The zero-order valence-corrected chi connectivity index (χ0v) is 15.9. The summed E-state index contributed by atoms with van der Waals surface area (Å²) in [6, 6.07) is 15.1. The van der Waals surface area contributed by atoms with Crippen molar-refractivity contribution in [2.45, 2.75) is 13.5 Å². The molecule has 5 nitrogen and oxygen atoms in total. The van der Waals surface area contributed by atoms with Gasteiger partial charge in [0.2, 0.25) is 5.95 Å². The zero-order valence-electron chi connectivity index (χ0n) is 14.4. The maximum absolute atomic E-state index is 6.22. The van der Waals surface area contributed by atoms with Gasteiger partial charge < -0.3 is 15.4 Å². The van der Waals surface area contributed by atoms with Crippen molar-refractivity contribution in [1.29, 1.82) is 0 Å². The van der Waals surface area contributed by atoms with Gasteiger partial charge in [-0.25, -0.2) is 4.98 Å².